The lowest BCUT2D eigenvalue weighted by Crippen LogP contribution is -2.50. The van der Waals surface area contributed by atoms with Crippen LogP contribution in [0.25, 0.3) is 5.69 Å². The van der Waals surface area contributed by atoms with Gasteiger partial charge in [0.05, 0.1) is 11.4 Å². The summed E-state index contributed by atoms with van der Waals surface area (Å²) in [4.78, 5) is 17.6. The molecule has 1 amide bonds. The first-order chi connectivity index (χ1) is 13.0. The number of nitrogens with zero attached hydrogens (tertiary/aromatic N) is 5. The number of carbonyl (C=O) groups excluding carboxylic acids is 1. The number of piperidine rings is 2. The molecule has 2 aliphatic heterocycles. The number of aromatic nitrogens is 3. The van der Waals surface area contributed by atoms with Gasteiger partial charge in [-0.15, -0.1) is 5.10 Å². The SMILES string of the molecule is Cc1c(C(=O)N2CCCC3(CCN(C)CC3)C2)nnn1-c1cccc(Br)c1. The quantitative estimate of drug-likeness (QED) is 0.731. The van der Waals surface area contributed by atoms with Gasteiger partial charge in [-0.05, 0) is 76.4 Å². The molecular formula is C20H26BrN5O. The molecule has 0 radical (unpaired) electrons. The largest absolute Gasteiger partial charge is 0.337 e. The second-order valence-corrected chi connectivity index (χ2v) is 8.96. The Balaban J connectivity index is 1.55. The molecule has 0 N–H and O–H groups in total. The molecule has 2 saturated heterocycles. The van der Waals surface area contributed by atoms with E-state index < -0.39 is 0 Å². The van der Waals surface area contributed by atoms with Gasteiger partial charge < -0.3 is 9.80 Å². The summed E-state index contributed by atoms with van der Waals surface area (Å²) in [5.74, 6) is 0.0201. The average molecular weight is 432 g/mol. The number of amides is 1. The molecule has 2 aliphatic rings. The van der Waals surface area contributed by atoms with E-state index in [1.54, 1.807) is 4.68 Å². The van der Waals surface area contributed by atoms with Crippen LogP contribution in [0.4, 0.5) is 0 Å². The summed E-state index contributed by atoms with van der Waals surface area (Å²) in [6, 6.07) is 7.87. The molecule has 0 bridgehead atoms. The van der Waals surface area contributed by atoms with Gasteiger partial charge in [-0.3, -0.25) is 4.79 Å². The van der Waals surface area contributed by atoms with E-state index in [-0.39, 0.29) is 11.3 Å². The van der Waals surface area contributed by atoms with Crippen LogP contribution in [-0.4, -0.2) is 63.9 Å². The summed E-state index contributed by atoms with van der Waals surface area (Å²) in [5.41, 5.74) is 2.45. The van der Waals surface area contributed by atoms with Crippen molar-refractivity contribution in [3.63, 3.8) is 0 Å². The fourth-order valence-corrected chi connectivity index (χ4v) is 4.80. The summed E-state index contributed by atoms with van der Waals surface area (Å²) >= 11 is 3.49. The third-order valence-electron chi connectivity index (χ3n) is 6.15. The zero-order valence-electron chi connectivity index (χ0n) is 16.0. The molecule has 7 heteroatoms. The molecule has 1 aromatic heterocycles. The Morgan fingerprint density at radius 3 is 2.70 bits per heavy atom. The molecule has 0 aliphatic carbocycles. The van der Waals surface area contributed by atoms with Gasteiger partial charge in [-0.1, -0.05) is 27.2 Å². The van der Waals surface area contributed by atoms with Gasteiger partial charge in [-0.25, -0.2) is 4.68 Å². The first-order valence-corrected chi connectivity index (χ1v) is 10.4. The Morgan fingerprint density at radius 2 is 1.96 bits per heavy atom. The lowest BCUT2D eigenvalue weighted by atomic mass is 9.72. The minimum Gasteiger partial charge on any atom is -0.337 e. The van der Waals surface area contributed by atoms with Crippen LogP contribution in [0.5, 0.6) is 0 Å². The second-order valence-electron chi connectivity index (χ2n) is 8.05. The fourth-order valence-electron chi connectivity index (χ4n) is 4.41. The van der Waals surface area contributed by atoms with Crippen LogP contribution in [-0.2, 0) is 0 Å². The highest BCUT2D eigenvalue weighted by atomic mass is 79.9. The molecule has 144 valence electrons. The Labute approximate surface area is 168 Å². The molecule has 4 rings (SSSR count). The Bertz CT molecular complexity index is 841. The fraction of sp³-hybridized carbons (Fsp3) is 0.550. The minimum absolute atomic E-state index is 0.0201. The summed E-state index contributed by atoms with van der Waals surface area (Å²) in [6.07, 6.45) is 4.66. The van der Waals surface area contributed by atoms with Gasteiger partial charge in [0.25, 0.3) is 5.91 Å². The Kier molecular flexibility index (Phi) is 5.07. The van der Waals surface area contributed by atoms with Gasteiger partial charge in [0.15, 0.2) is 5.69 Å². The van der Waals surface area contributed by atoms with Gasteiger partial charge >= 0.3 is 0 Å². The highest BCUT2D eigenvalue weighted by Crippen LogP contribution is 2.39. The highest BCUT2D eigenvalue weighted by Gasteiger charge is 2.40. The normalized spacial score (nSPS) is 20.2. The predicted octanol–water partition coefficient (Wildman–Crippen LogP) is 3.29. The van der Waals surface area contributed by atoms with Crippen molar-refractivity contribution in [2.24, 2.45) is 5.41 Å². The number of rotatable bonds is 2. The maximum atomic E-state index is 13.2. The van der Waals surface area contributed by atoms with Crippen molar-refractivity contribution in [1.29, 1.82) is 0 Å². The van der Waals surface area contributed by atoms with Crippen LogP contribution in [0, 0.1) is 12.3 Å². The van der Waals surface area contributed by atoms with Gasteiger partial charge in [0.2, 0.25) is 0 Å². The molecule has 0 atom stereocenters. The molecule has 6 nitrogen and oxygen atoms in total. The van der Waals surface area contributed by atoms with E-state index in [9.17, 15) is 4.79 Å². The zero-order chi connectivity index (χ0) is 19.0. The zero-order valence-corrected chi connectivity index (χ0v) is 17.6. The van der Waals surface area contributed by atoms with Crippen LogP contribution >= 0.6 is 15.9 Å². The first kappa shape index (κ1) is 18.6. The van der Waals surface area contributed by atoms with Crippen LogP contribution in [0.2, 0.25) is 0 Å². The summed E-state index contributed by atoms with van der Waals surface area (Å²) in [7, 11) is 2.18. The van der Waals surface area contributed by atoms with Gasteiger partial charge in [0.1, 0.15) is 0 Å². The van der Waals surface area contributed by atoms with E-state index in [1.807, 2.05) is 36.1 Å². The van der Waals surface area contributed by atoms with Crippen LogP contribution in [0.15, 0.2) is 28.7 Å². The second kappa shape index (κ2) is 7.36. The Hall–Kier alpha value is -1.73. The number of hydrogen-bond acceptors (Lipinski definition) is 4. The van der Waals surface area contributed by atoms with E-state index in [2.05, 4.69) is 38.2 Å². The van der Waals surface area contributed by atoms with Crippen molar-refractivity contribution in [2.45, 2.75) is 32.6 Å². The third-order valence-corrected chi connectivity index (χ3v) is 6.64. The molecule has 2 fully saturated rings. The van der Waals surface area contributed by atoms with E-state index >= 15 is 0 Å². The van der Waals surface area contributed by atoms with Gasteiger partial charge in [0, 0.05) is 17.6 Å². The van der Waals surface area contributed by atoms with E-state index in [0.29, 0.717) is 5.69 Å². The number of benzene rings is 1. The van der Waals surface area contributed by atoms with Crippen molar-refractivity contribution in [3.8, 4) is 5.69 Å². The third kappa shape index (κ3) is 3.67. The van der Waals surface area contributed by atoms with Crippen LogP contribution in [0.1, 0.15) is 41.9 Å². The highest BCUT2D eigenvalue weighted by molar-refractivity contribution is 9.10. The molecule has 3 heterocycles. The van der Waals surface area contributed by atoms with Crippen molar-refractivity contribution in [3.05, 3.63) is 40.1 Å². The van der Waals surface area contributed by atoms with E-state index in [1.165, 1.54) is 19.3 Å². The maximum Gasteiger partial charge on any atom is 0.276 e. The van der Waals surface area contributed by atoms with Crippen molar-refractivity contribution in [2.75, 3.05) is 33.2 Å². The number of hydrogen-bond donors (Lipinski definition) is 0. The lowest BCUT2D eigenvalue weighted by molar-refractivity contribution is 0.0257. The summed E-state index contributed by atoms with van der Waals surface area (Å²) in [6.45, 7) is 5.84. The molecule has 2 aromatic rings. The molecule has 0 unspecified atom stereocenters. The Morgan fingerprint density at radius 1 is 1.19 bits per heavy atom. The summed E-state index contributed by atoms with van der Waals surface area (Å²) < 4.78 is 2.72. The standard InChI is InChI=1S/C20H26BrN5O/c1-15-18(22-23-26(15)17-6-3-5-16(21)13-17)19(27)25-10-4-7-20(14-25)8-11-24(2)12-9-20/h3,5-6,13H,4,7-12,14H2,1-2H3. The average Bonchev–Trinajstić information content (AvgIpc) is 3.05. The molecule has 1 aromatic carbocycles. The van der Waals surface area contributed by atoms with Crippen molar-refractivity contribution >= 4 is 21.8 Å². The number of halogens is 1. The van der Waals surface area contributed by atoms with Gasteiger partial charge in [-0.2, -0.15) is 0 Å². The lowest BCUT2D eigenvalue weighted by Gasteiger charge is -2.47. The maximum absolute atomic E-state index is 13.2. The van der Waals surface area contributed by atoms with Crippen LogP contribution in [0.3, 0.4) is 0 Å². The minimum atomic E-state index is 0.0201. The molecule has 1 spiro atoms. The van der Waals surface area contributed by atoms with E-state index in [0.717, 1.165) is 48.5 Å². The topological polar surface area (TPSA) is 54.3 Å². The predicted molar refractivity (Wildman–Crippen MR) is 108 cm³/mol. The molecule has 0 saturated carbocycles. The van der Waals surface area contributed by atoms with Crippen molar-refractivity contribution < 1.29 is 4.79 Å². The van der Waals surface area contributed by atoms with Crippen molar-refractivity contribution in [1.82, 2.24) is 24.8 Å². The van der Waals surface area contributed by atoms with Crippen LogP contribution < -0.4 is 0 Å². The monoisotopic (exact) mass is 431 g/mol. The summed E-state index contributed by atoms with van der Waals surface area (Å²) in [5, 5.41) is 8.49. The molecule has 27 heavy (non-hydrogen) atoms. The smallest absolute Gasteiger partial charge is 0.276 e. The number of carbonyl (C=O) groups is 1. The molecular weight excluding hydrogens is 406 g/mol. The number of likely N-dealkylation sites (tertiary alicyclic amines) is 2. The van der Waals surface area contributed by atoms with E-state index in [4.69, 9.17) is 0 Å². The first-order valence-electron chi connectivity index (χ1n) is 9.64.